The molecule has 0 aliphatic heterocycles. The summed E-state index contributed by atoms with van der Waals surface area (Å²) in [6.45, 7) is 3.12. The predicted octanol–water partition coefficient (Wildman–Crippen LogP) is 4.20. The second-order valence-corrected chi connectivity index (χ2v) is 5.51. The lowest BCUT2D eigenvalue weighted by molar-refractivity contribution is 0.303. The number of hydrogen-bond donors (Lipinski definition) is 1. The minimum Gasteiger partial charge on any atom is -0.489 e. The topological polar surface area (TPSA) is 21.3 Å². The van der Waals surface area contributed by atoms with Crippen LogP contribution in [-0.4, -0.2) is 7.05 Å². The van der Waals surface area contributed by atoms with Crippen molar-refractivity contribution >= 4 is 15.9 Å². The lowest BCUT2D eigenvalue weighted by Gasteiger charge is -2.11. The van der Waals surface area contributed by atoms with Crippen LogP contribution in [0.2, 0.25) is 0 Å². The Balaban J connectivity index is 2.07. The number of rotatable bonds is 5. The van der Waals surface area contributed by atoms with Gasteiger partial charge in [-0.2, -0.15) is 0 Å². The first-order valence-electron chi connectivity index (χ1n) is 6.41. The van der Waals surface area contributed by atoms with Crippen LogP contribution in [-0.2, 0) is 13.2 Å². The average Bonchev–Trinajstić information content (AvgIpc) is 2.40. The Morgan fingerprint density at radius 1 is 1.20 bits per heavy atom. The molecule has 1 N–H and O–H groups in total. The molecule has 0 saturated heterocycles. The Hall–Kier alpha value is -1.39. The van der Waals surface area contributed by atoms with Crippen molar-refractivity contribution < 1.29 is 9.13 Å². The van der Waals surface area contributed by atoms with Crippen LogP contribution >= 0.6 is 15.9 Å². The maximum atomic E-state index is 13.0. The van der Waals surface area contributed by atoms with Crippen LogP contribution in [0.15, 0.2) is 40.9 Å². The standard InChI is InChI=1S/C16H17BrFNO/c1-11-7-14(18)5-6-16(11)20-10-13-4-3-12(9-19-2)8-15(13)17/h3-8,19H,9-10H2,1-2H3. The second kappa shape index (κ2) is 6.86. The zero-order chi connectivity index (χ0) is 14.5. The van der Waals surface area contributed by atoms with Crippen LogP contribution in [0.25, 0.3) is 0 Å². The van der Waals surface area contributed by atoms with Gasteiger partial charge < -0.3 is 10.1 Å². The van der Waals surface area contributed by atoms with Gasteiger partial charge in [0.2, 0.25) is 0 Å². The molecule has 0 aliphatic rings. The van der Waals surface area contributed by atoms with Gasteiger partial charge in [-0.05, 0) is 49.4 Å². The Kier molecular flexibility index (Phi) is 5.15. The van der Waals surface area contributed by atoms with E-state index in [1.165, 1.54) is 17.7 Å². The van der Waals surface area contributed by atoms with Gasteiger partial charge in [0.25, 0.3) is 0 Å². The lowest BCUT2D eigenvalue weighted by atomic mass is 10.1. The predicted molar refractivity (Wildman–Crippen MR) is 82.4 cm³/mol. The molecule has 0 amide bonds. The van der Waals surface area contributed by atoms with Gasteiger partial charge in [0.05, 0.1) is 0 Å². The highest BCUT2D eigenvalue weighted by molar-refractivity contribution is 9.10. The fourth-order valence-corrected chi connectivity index (χ4v) is 2.49. The smallest absolute Gasteiger partial charge is 0.123 e. The quantitative estimate of drug-likeness (QED) is 0.882. The highest BCUT2D eigenvalue weighted by atomic mass is 79.9. The number of ether oxygens (including phenoxy) is 1. The molecule has 4 heteroatoms. The summed E-state index contributed by atoms with van der Waals surface area (Å²) in [5, 5.41) is 3.11. The third-order valence-corrected chi connectivity index (χ3v) is 3.76. The number of aryl methyl sites for hydroxylation is 1. The Morgan fingerprint density at radius 2 is 2.00 bits per heavy atom. The Bertz CT molecular complexity index is 601. The fraction of sp³-hybridized carbons (Fsp3) is 0.250. The third kappa shape index (κ3) is 3.81. The van der Waals surface area contributed by atoms with E-state index in [-0.39, 0.29) is 5.82 Å². The summed E-state index contributed by atoms with van der Waals surface area (Å²) >= 11 is 3.55. The van der Waals surface area contributed by atoms with E-state index in [2.05, 4.69) is 33.4 Å². The van der Waals surface area contributed by atoms with Crippen LogP contribution in [0.5, 0.6) is 5.75 Å². The Morgan fingerprint density at radius 3 is 2.65 bits per heavy atom. The normalized spacial score (nSPS) is 10.6. The van der Waals surface area contributed by atoms with Crippen molar-refractivity contribution in [3.8, 4) is 5.75 Å². The SMILES string of the molecule is CNCc1ccc(COc2ccc(F)cc2C)c(Br)c1. The lowest BCUT2D eigenvalue weighted by Crippen LogP contribution is -2.05. The molecule has 106 valence electrons. The largest absolute Gasteiger partial charge is 0.489 e. The summed E-state index contributed by atoms with van der Waals surface area (Å²) in [4.78, 5) is 0. The molecule has 0 fully saturated rings. The molecule has 0 aromatic heterocycles. The highest BCUT2D eigenvalue weighted by Crippen LogP contribution is 2.23. The van der Waals surface area contributed by atoms with Crippen LogP contribution in [0, 0.1) is 12.7 Å². The number of benzene rings is 2. The van der Waals surface area contributed by atoms with Gasteiger partial charge in [0.1, 0.15) is 18.2 Å². The maximum Gasteiger partial charge on any atom is 0.123 e. The van der Waals surface area contributed by atoms with Gasteiger partial charge in [0, 0.05) is 16.6 Å². The second-order valence-electron chi connectivity index (χ2n) is 4.65. The molecule has 2 aromatic carbocycles. The minimum atomic E-state index is -0.243. The van der Waals surface area contributed by atoms with E-state index < -0.39 is 0 Å². The molecular weight excluding hydrogens is 321 g/mol. The monoisotopic (exact) mass is 337 g/mol. The summed E-state index contributed by atoms with van der Waals surface area (Å²) < 4.78 is 19.8. The Labute approximate surface area is 127 Å². The number of halogens is 2. The van der Waals surface area contributed by atoms with Gasteiger partial charge in [-0.15, -0.1) is 0 Å². The van der Waals surface area contributed by atoms with Gasteiger partial charge in [0.15, 0.2) is 0 Å². The van der Waals surface area contributed by atoms with Crippen molar-refractivity contribution in [3.63, 3.8) is 0 Å². The van der Waals surface area contributed by atoms with E-state index in [9.17, 15) is 4.39 Å². The molecule has 2 nitrogen and oxygen atoms in total. The molecule has 2 rings (SSSR count). The number of hydrogen-bond acceptors (Lipinski definition) is 2. The molecular formula is C16H17BrFNO. The number of nitrogens with one attached hydrogen (secondary N) is 1. The fourth-order valence-electron chi connectivity index (χ4n) is 1.95. The average molecular weight is 338 g/mol. The van der Waals surface area contributed by atoms with Crippen molar-refractivity contribution in [2.24, 2.45) is 0 Å². The first-order valence-corrected chi connectivity index (χ1v) is 7.20. The zero-order valence-corrected chi connectivity index (χ0v) is 13.1. The summed E-state index contributed by atoms with van der Waals surface area (Å²) in [6, 6.07) is 10.7. The van der Waals surface area contributed by atoms with Crippen LogP contribution in [0.3, 0.4) is 0 Å². The van der Waals surface area contributed by atoms with E-state index in [1.807, 2.05) is 20.0 Å². The molecule has 0 aliphatic carbocycles. The molecule has 0 heterocycles. The van der Waals surface area contributed by atoms with Crippen molar-refractivity contribution in [1.29, 1.82) is 0 Å². The molecule has 0 radical (unpaired) electrons. The van der Waals surface area contributed by atoms with Crippen molar-refractivity contribution in [2.75, 3.05) is 7.05 Å². The van der Waals surface area contributed by atoms with E-state index in [0.717, 1.165) is 22.1 Å². The van der Waals surface area contributed by atoms with Crippen molar-refractivity contribution in [2.45, 2.75) is 20.1 Å². The first-order chi connectivity index (χ1) is 9.60. The molecule has 0 unspecified atom stereocenters. The van der Waals surface area contributed by atoms with E-state index in [4.69, 9.17) is 4.74 Å². The molecule has 0 saturated carbocycles. The van der Waals surface area contributed by atoms with Crippen LogP contribution in [0.1, 0.15) is 16.7 Å². The van der Waals surface area contributed by atoms with Crippen LogP contribution < -0.4 is 10.1 Å². The zero-order valence-electron chi connectivity index (χ0n) is 11.5. The summed E-state index contributed by atoms with van der Waals surface area (Å²) in [6.07, 6.45) is 0. The summed E-state index contributed by atoms with van der Waals surface area (Å²) in [7, 11) is 1.92. The van der Waals surface area contributed by atoms with Gasteiger partial charge in [-0.25, -0.2) is 4.39 Å². The molecule has 0 spiro atoms. The van der Waals surface area contributed by atoms with Gasteiger partial charge in [-0.1, -0.05) is 28.1 Å². The molecule has 0 atom stereocenters. The highest BCUT2D eigenvalue weighted by Gasteiger charge is 2.05. The van der Waals surface area contributed by atoms with Gasteiger partial charge in [-0.3, -0.25) is 0 Å². The van der Waals surface area contributed by atoms with Crippen LogP contribution in [0.4, 0.5) is 4.39 Å². The molecule has 20 heavy (non-hydrogen) atoms. The molecule has 2 aromatic rings. The summed E-state index contributed by atoms with van der Waals surface area (Å²) in [5.74, 6) is 0.463. The van der Waals surface area contributed by atoms with E-state index in [0.29, 0.717) is 12.4 Å². The van der Waals surface area contributed by atoms with E-state index >= 15 is 0 Å². The van der Waals surface area contributed by atoms with Crippen molar-refractivity contribution in [3.05, 3.63) is 63.4 Å². The molecule has 0 bridgehead atoms. The van der Waals surface area contributed by atoms with E-state index in [1.54, 1.807) is 6.07 Å². The van der Waals surface area contributed by atoms with Crippen molar-refractivity contribution in [1.82, 2.24) is 5.32 Å². The third-order valence-electron chi connectivity index (χ3n) is 3.02. The first kappa shape index (κ1) is 15.0. The minimum absolute atomic E-state index is 0.243. The van der Waals surface area contributed by atoms with Gasteiger partial charge >= 0.3 is 0 Å². The summed E-state index contributed by atoms with van der Waals surface area (Å²) in [5.41, 5.74) is 3.07. The maximum absolute atomic E-state index is 13.0.